The van der Waals surface area contributed by atoms with Crippen LogP contribution in [0.15, 0.2) is 54.6 Å². The van der Waals surface area contributed by atoms with Crippen molar-refractivity contribution in [1.82, 2.24) is 9.55 Å². The molecule has 6 rings (SSSR count). The second-order valence-corrected chi connectivity index (χ2v) is 11.1. The second-order valence-electron chi connectivity index (χ2n) is 10.7. The molecule has 10 heteroatoms. The van der Waals surface area contributed by atoms with Crippen LogP contribution in [0.5, 0.6) is 5.75 Å². The Morgan fingerprint density at radius 2 is 1.83 bits per heavy atom. The lowest BCUT2D eigenvalue weighted by atomic mass is 9.86. The average molecular weight is 570 g/mol. The number of carbonyl (C=O) groups is 3. The Hall–Kier alpha value is -4.63. The van der Waals surface area contributed by atoms with Crippen LogP contribution in [0, 0.1) is 13.8 Å². The molecule has 3 aromatic carbocycles. The van der Waals surface area contributed by atoms with E-state index in [4.69, 9.17) is 27.1 Å². The maximum absolute atomic E-state index is 14.5. The third-order valence-electron chi connectivity index (χ3n) is 7.79. The number of benzene rings is 3. The fourth-order valence-electron chi connectivity index (χ4n) is 6.00. The number of imidazole rings is 1. The minimum Gasteiger partial charge on any atom is -0.496 e. The SMILES string of the molecule is COc1ccc(C(N)=O)cc1-c1nc2c(n1C(C)C)C1(C(=O)Nc3cc(Cl)ccc31)N(c1cc(C)ccc1C)C2=O. The third-order valence-corrected chi connectivity index (χ3v) is 8.03. The number of primary amides is 1. The maximum atomic E-state index is 14.5. The molecule has 3 N–H and O–H groups in total. The van der Waals surface area contributed by atoms with Crippen LogP contribution < -0.4 is 20.7 Å². The van der Waals surface area contributed by atoms with Gasteiger partial charge in [0.1, 0.15) is 11.6 Å². The molecular weight excluding hydrogens is 542 g/mol. The zero-order valence-corrected chi connectivity index (χ0v) is 24.0. The highest BCUT2D eigenvalue weighted by Gasteiger charge is 2.64. The average Bonchev–Trinajstić information content (AvgIpc) is 3.53. The Morgan fingerprint density at radius 1 is 1.07 bits per heavy atom. The van der Waals surface area contributed by atoms with Gasteiger partial charge < -0.3 is 20.4 Å². The Labute approximate surface area is 241 Å². The van der Waals surface area contributed by atoms with E-state index in [-0.39, 0.29) is 17.3 Å². The summed E-state index contributed by atoms with van der Waals surface area (Å²) in [4.78, 5) is 47.4. The number of rotatable bonds is 5. The number of hydrogen-bond donors (Lipinski definition) is 2. The molecule has 1 atom stereocenters. The molecule has 208 valence electrons. The summed E-state index contributed by atoms with van der Waals surface area (Å²) >= 11 is 6.33. The Kier molecular flexibility index (Phi) is 5.97. The number of amides is 3. The Balaban J connectivity index is 1.74. The van der Waals surface area contributed by atoms with Gasteiger partial charge in [-0.15, -0.1) is 0 Å². The summed E-state index contributed by atoms with van der Waals surface area (Å²) in [5.41, 5.74) is 8.81. The predicted molar refractivity (Wildman–Crippen MR) is 157 cm³/mol. The molecule has 1 unspecified atom stereocenters. The van der Waals surface area contributed by atoms with Crippen LogP contribution in [0.1, 0.15) is 63.1 Å². The van der Waals surface area contributed by atoms with Gasteiger partial charge in [0.25, 0.3) is 11.8 Å². The number of nitrogens with two attached hydrogens (primary N) is 1. The molecule has 3 amide bonds. The number of methoxy groups -OCH3 is 1. The lowest BCUT2D eigenvalue weighted by Gasteiger charge is -2.36. The van der Waals surface area contributed by atoms with Gasteiger partial charge in [0.2, 0.25) is 5.91 Å². The fraction of sp³-hybridized carbons (Fsp3) is 0.226. The molecule has 2 aliphatic rings. The molecule has 4 aromatic rings. The molecule has 1 aromatic heterocycles. The molecule has 0 saturated carbocycles. The molecular formula is C31H28ClN5O4. The highest BCUT2D eigenvalue weighted by atomic mass is 35.5. The quantitative estimate of drug-likeness (QED) is 0.335. The van der Waals surface area contributed by atoms with Gasteiger partial charge in [0, 0.05) is 33.6 Å². The van der Waals surface area contributed by atoms with Gasteiger partial charge in [-0.25, -0.2) is 4.98 Å². The van der Waals surface area contributed by atoms with Gasteiger partial charge in [0.05, 0.1) is 18.4 Å². The number of anilines is 2. The van der Waals surface area contributed by atoms with Crippen molar-refractivity contribution in [2.24, 2.45) is 5.73 Å². The van der Waals surface area contributed by atoms with Crippen LogP contribution in [0.2, 0.25) is 5.02 Å². The van der Waals surface area contributed by atoms with Crippen LogP contribution in [-0.2, 0) is 10.3 Å². The topological polar surface area (TPSA) is 120 Å². The summed E-state index contributed by atoms with van der Waals surface area (Å²) in [5, 5.41) is 3.44. The fourth-order valence-corrected chi connectivity index (χ4v) is 6.17. The van der Waals surface area contributed by atoms with Crippen LogP contribution >= 0.6 is 11.6 Å². The van der Waals surface area contributed by atoms with E-state index in [9.17, 15) is 14.4 Å². The summed E-state index contributed by atoms with van der Waals surface area (Å²) in [6, 6.07) is 15.5. The van der Waals surface area contributed by atoms with Crippen molar-refractivity contribution in [3.05, 3.63) is 93.3 Å². The highest BCUT2D eigenvalue weighted by molar-refractivity contribution is 6.31. The summed E-state index contributed by atoms with van der Waals surface area (Å²) in [6.07, 6.45) is 0. The first-order valence-corrected chi connectivity index (χ1v) is 13.5. The van der Waals surface area contributed by atoms with Gasteiger partial charge in [-0.1, -0.05) is 29.8 Å². The van der Waals surface area contributed by atoms with Crippen molar-refractivity contribution in [2.45, 2.75) is 39.3 Å². The van der Waals surface area contributed by atoms with Crippen LogP contribution in [0.3, 0.4) is 0 Å². The zero-order valence-electron chi connectivity index (χ0n) is 23.2. The van der Waals surface area contributed by atoms with Crippen LogP contribution in [0.25, 0.3) is 11.4 Å². The lowest BCUT2D eigenvalue weighted by Crippen LogP contribution is -2.51. The number of aromatic nitrogens is 2. The smallest absolute Gasteiger partial charge is 0.280 e. The van der Waals surface area contributed by atoms with Crippen molar-refractivity contribution in [3.8, 4) is 17.1 Å². The summed E-state index contributed by atoms with van der Waals surface area (Å²) < 4.78 is 7.51. The monoisotopic (exact) mass is 569 g/mol. The summed E-state index contributed by atoms with van der Waals surface area (Å²) in [6.45, 7) is 7.74. The number of ether oxygens (including phenoxy) is 1. The number of hydrogen-bond acceptors (Lipinski definition) is 5. The van der Waals surface area contributed by atoms with E-state index in [2.05, 4.69) is 5.32 Å². The number of fused-ring (bicyclic) bond motifs is 4. The van der Waals surface area contributed by atoms with Crippen LogP contribution in [-0.4, -0.2) is 34.4 Å². The molecule has 0 bridgehead atoms. The van der Waals surface area contributed by atoms with Crippen molar-refractivity contribution in [1.29, 1.82) is 0 Å². The number of aryl methyl sites for hydroxylation is 2. The number of nitrogens with one attached hydrogen (secondary N) is 1. The van der Waals surface area contributed by atoms with Crippen molar-refractivity contribution < 1.29 is 19.1 Å². The molecule has 0 fully saturated rings. The molecule has 9 nitrogen and oxygen atoms in total. The molecule has 2 aliphatic heterocycles. The van der Waals surface area contributed by atoms with E-state index < -0.39 is 23.3 Å². The maximum Gasteiger partial charge on any atom is 0.280 e. The summed E-state index contributed by atoms with van der Waals surface area (Å²) in [5.74, 6) is -0.602. The Morgan fingerprint density at radius 3 is 2.51 bits per heavy atom. The van der Waals surface area contributed by atoms with E-state index in [0.717, 1.165) is 11.1 Å². The molecule has 1 spiro atoms. The van der Waals surface area contributed by atoms with Gasteiger partial charge in [-0.05, 0) is 75.2 Å². The van der Waals surface area contributed by atoms with Crippen LogP contribution in [0.4, 0.5) is 11.4 Å². The molecule has 41 heavy (non-hydrogen) atoms. The molecule has 0 aliphatic carbocycles. The summed E-state index contributed by atoms with van der Waals surface area (Å²) in [7, 11) is 1.51. The second kappa shape index (κ2) is 9.21. The number of nitrogens with zero attached hydrogens (tertiary/aromatic N) is 3. The molecule has 0 radical (unpaired) electrons. The lowest BCUT2D eigenvalue weighted by molar-refractivity contribution is -0.119. The van der Waals surface area contributed by atoms with Crippen molar-refractivity contribution >= 4 is 40.7 Å². The van der Waals surface area contributed by atoms with E-state index in [1.54, 1.807) is 41.3 Å². The highest BCUT2D eigenvalue weighted by Crippen LogP contribution is 2.55. The first-order chi connectivity index (χ1) is 19.5. The van der Waals surface area contributed by atoms with Gasteiger partial charge in [-0.2, -0.15) is 0 Å². The van der Waals surface area contributed by atoms with Gasteiger partial charge in [-0.3, -0.25) is 19.3 Å². The predicted octanol–water partition coefficient (Wildman–Crippen LogP) is 5.36. The first kappa shape index (κ1) is 26.6. The minimum absolute atomic E-state index is 0.138. The normalized spacial score (nSPS) is 17.3. The largest absolute Gasteiger partial charge is 0.496 e. The van der Waals surface area contributed by atoms with E-state index in [1.807, 2.05) is 50.5 Å². The van der Waals surface area contributed by atoms with Crippen molar-refractivity contribution in [3.63, 3.8) is 0 Å². The van der Waals surface area contributed by atoms with Gasteiger partial charge in [0.15, 0.2) is 11.2 Å². The number of carbonyl (C=O) groups excluding carboxylic acids is 3. The van der Waals surface area contributed by atoms with Gasteiger partial charge >= 0.3 is 0 Å². The van der Waals surface area contributed by atoms with E-state index in [1.165, 1.54) is 7.11 Å². The zero-order chi connectivity index (χ0) is 29.4. The number of halogens is 1. The minimum atomic E-state index is -1.57. The van der Waals surface area contributed by atoms with Crippen molar-refractivity contribution in [2.75, 3.05) is 17.3 Å². The molecule has 3 heterocycles. The Bertz CT molecular complexity index is 1810. The third kappa shape index (κ3) is 3.62. The van der Waals surface area contributed by atoms with E-state index >= 15 is 0 Å². The standard InChI is InChI=1S/C31H28ClN5O4/c1-15(2)36-26-25(35-28(36)20-13-18(27(33)38)8-11-24(20)41-5)29(39)37(23-12-16(3)6-7-17(23)4)31(26)21-10-9-19(32)14-22(21)34-30(31)40/h6-15H,1-5H3,(H2,33,38)(H,34,40). The van der Waals surface area contributed by atoms with E-state index in [0.29, 0.717) is 44.8 Å². The first-order valence-electron chi connectivity index (χ1n) is 13.1. The molecule has 0 saturated heterocycles.